The Bertz CT molecular complexity index is 911. The highest BCUT2D eigenvalue weighted by Crippen LogP contribution is 2.25. The van der Waals surface area contributed by atoms with Crippen molar-refractivity contribution in [2.45, 2.75) is 0 Å². The van der Waals surface area contributed by atoms with Crippen molar-refractivity contribution < 1.29 is 4.40 Å². The van der Waals surface area contributed by atoms with Gasteiger partial charge in [0.1, 0.15) is 18.6 Å². The van der Waals surface area contributed by atoms with Crippen LogP contribution in [-0.4, -0.2) is 14.5 Å². The van der Waals surface area contributed by atoms with E-state index >= 15 is 0 Å². The van der Waals surface area contributed by atoms with Gasteiger partial charge in [-0.2, -0.15) is 4.57 Å². The van der Waals surface area contributed by atoms with Crippen LogP contribution in [0, 0.1) is 0 Å². The van der Waals surface area contributed by atoms with E-state index in [1.54, 1.807) is 17.5 Å². The van der Waals surface area contributed by atoms with Crippen LogP contribution in [0.2, 0.25) is 0 Å². The van der Waals surface area contributed by atoms with Crippen LogP contribution in [0.1, 0.15) is 0 Å². The predicted octanol–water partition coefficient (Wildman–Crippen LogP) is 3.50. The number of benzene rings is 1. The molecule has 0 amide bonds. The van der Waals surface area contributed by atoms with Crippen molar-refractivity contribution in [2.24, 2.45) is 0 Å². The fraction of sp³-hybridized carbons (Fsp3) is 0. The molecule has 4 aromatic rings. The summed E-state index contributed by atoms with van der Waals surface area (Å²) in [7, 11) is 0. The molecule has 1 aromatic carbocycles. The summed E-state index contributed by atoms with van der Waals surface area (Å²) in [6, 6.07) is 10.1. The number of imidazole rings is 1. The van der Waals surface area contributed by atoms with Gasteiger partial charge in [0.15, 0.2) is 0 Å². The van der Waals surface area contributed by atoms with Gasteiger partial charge in [-0.15, -0.1) is 0 Å². The molecule has 0 unspecified atom stereocenters. The van der Waals surface area contributed by atoms with E-state index < -0.39 is 0 Å². The van der Waals surface area contributed by atoms with Crippen LogP contribution in [0.5, 0.6) is 0 Å². The van der Waals surface area contributed by atoms with Crippen LogP contribution < -0.4 is 4.40 Å². The zero-order valence-electron chi connectivity index (χ0n) is 10.8. The topological polar surface area (TPSA) is 34.8 Å². The third-order valence-electron chi connectivity index (χ3n) is 3.18. The Balaban J connectivity index is 1.79. The molecule has 102 valence electrons. The van der Waals surface area contributed by atoms with E-state index in [1.807, 2.05) is 45.8 Å². The molecule has 0 aliphatic heterocycles. The molecule has 0 atom stereocenters. The van der Waals surface area contributed by atoms with Gasteiger partial charge in [-0.05, 0) is 12.1 Å². The highest BCUT2D eigenvalue weighted by Gasteiger charge is 2.15. The van der Waals surface area contributed by atoms with Crippen LogP contribution in [0.15, 0.2) is 65.0 Å². The molecular formula is C15H10BrN4S+. The van der Waals surface area contributed by atoms with Crippen LogP contribution in [0.4, 0.5) is 0 Å². The summed E-state index contributed by atoms with van der Waals surface area (Å²) in [5, 5.41) is 2.98. The Kier molecular flexibility index (Phi) is 3.05. The number of fused-ring (bicyclic) bond motifs is 1. The van der Waals surface area contributed by atoms with Gasteiger partial charge < -0.3 is 0 Å². The maximum Gasteiger partial charge on any atom is 0.410 e. The number of halogens is 1. The lowest BCUT2D eigenvalue weighted by atomic mass is 10.2. The highest BCUT2D eigenvalue weighted by atomic mass is 79.9. The second-order valence-corrected chi connectivity index (χ2v) is 6.27. The molecule has 3 heterocycles. The summed E-state index contributed by atoms with van der Waals surface area (Å²) in [4.78, 5) is 9.11. The average Bonchev–Trinajstić information content (AvgIpc) is 3.14. The second-order valence-electron chi connectivity index (χ2n) is 4.52. The molecule has 0 bridgehead atoms. The fourth-order valence-corrected chi connectivity index (χ4v) is 3.24. The first-order valence-corrected chi connectivity index (χ1v) is 8.04. The first-order valence-electron chi connectivity index (χ1n) is 6.36. The number of nitrogens with zero attached hydrogens (tertiary/aromatic N) is 4. The van der Waals surface area contributed by atoms with Crippen molar-refractivity contribution in [3.63, 3.8) is 0 Å². The summed E-state index contributed by atoms with van der Waals surface area (Å²) in [5.74, 6) is 0.856. The number of thiazole rings is 1. The fourth-order valence-electron chi connectivity index (χ4n) is 2.16. The Labute approximate surface area is 133 Å². The maximum absolute atomic E-state index is 4.72. The molecule has 0 fully saturated rings. The highest BCUT2D eigenvalue weighted by molar-refractivity contribution is 9.10. The number of aromatic nitrogens is 4. The van der Waals surface area contributed by atoms with E-state index in [0.717, 1.165) is 26.6 Å². The van der Waals surface area contributed by atoms with Crippen molar-refractivity contribution >= 4 is 33.0 Å². The van der Waals surface area contributed by atoms with E-state index in [9.17, 15) is 0 Å². The van der Waals surface area contributed by atoms with Crippen LogP contribution in [0.25, 0.3) is 22.2 Å². The number of rotatable bonds is 2. The first-order chi connectivity index (χ1) is 10.3. The summed E-state index contributed by atoms with van der Waals surface area (Å²) in [6.07, 6.45) is 7.71. The molecule has 0 saturated carbocycles. The monoisotopic (exact) mass is 357 g/mol. The number of hydrogen-bond acceptors (Lipinski definition) is 3. The SMILES string of the molecule is Brc1ccc(-c2csc(-n3cc[n+]4cccnc34)n2)cc1. The van der Waals surface area contributed by atoms with Gasteiger partial charge >= 0.3 is 5.78 Å². The Morgan fingerprint density at radius 1 is 1.14 bits per heavy atom. The van der Waals surface area contributed by atoms with Crippen molar-refractivity contribution in [2.75, 3.05) is 0 Å². The Morgan fingerprint density at radius 2 is 2.00 bits per heavy atom. The van der Waals surface area contributed by atoms with E-state index in [0.29, 0.717) is 0 Å². The van der Waals surface area contributed by atoms with E-state index in [1.165, 1.54) is 0 Å². The molecule has 4 rings (SSSR count). The van der Waals surface area contributed by atoms with E-state index in [2.05, 4.69) is 38.4 Å². The minimum Gasteiger partial charge on any atom is -0.205 e. The molecule has 0 radical (unpaired) electrons. The molecule has 0 aliphatic carbocycles. The van der Waals surface area contributed by atoms with Gasteiger partial charge in [0.25, 0.3) is 5.13 Å². The molecule has 6 heteroatoms. The van der Waals surface area contributed by atoms with Crippen molar-refractivity contribution in [3.05, 3.63) is 65.0 Å². The third kappa shape index (κ3) is 2.26. The zero-order chi connectivity index (χ0) is 14.2. The molecule has 0 N–H and O–H groups in total. The first kappa shape index (κ1) is 12.7. The minimum absolute atomic E-state index is 0.856. The summed E-state index contributed by atoms with van der Waals surface area (Å²) in [5.41, 5.74) is 2.09. The Hall–Kier alpha value is -2.05. The van der Waals surface area contributed by atoms with Crippen molar-refractivity contribution in [1.82, 2.24) is 14.5 Å². The van der Waals surface area contributed by atoms with Gasteiger partial charge in [0.05, 0.1) is 11.9 Å². The lowest BCUT2D eigenvalue weighted by Crippen LogP contribution is -2.19. The molecule has 0 spiro atoms. The quantitative estimate of drug-likeness (QED) is 0.514. The van der Waals surface area contributed by atoms with Gasteiger partial charge in [0, 0.05) is 21.5 Å². The lowest BCUT2D eigenvalue weighted by Gasteiger charge is -1.96. The second kappa shape index (κ2) is 5.05. The van der Waals surface area contributed by atoms with Crippen LogP contribution >= 0.6 is 27.3 Å². The third-order valence-corrected chi connectivity index (χ3v) is 4.55. The van der Waals surface area contributed by atoms with Crippen LogP contribution in [0.3, 0.4) is 0 Å². The lowest BCUT2D eigenvalue weighted by molar-refractivity contribution is -0.513. The standard InChI is InChI=1S/C15H10BrN4S/c16-12-4-2-11(3-5-12)13-10-21-15(18-13)20-9-8-19-7-1-6-17-14(19)20/h1-10H/q+1. The van der Waals surface area contributed by atoms with Crippen molar-refractivity contribution in [3.8, 4) is 16.4 Å². The smallest absolute Gasteiger partial charge is 0.205 e. The average molecular weight is 358 g/mol. The van der Waals surface area contributed by atoms with Gasteiger partial charge in [-0.25, -0.2) is 9.38 Å². The van der Waals surface area contributed by atoms with Gasteiger partial charge in [0.2, 0.25) is 0 Å². The maximum atomic E-state index is 4.72. The largest absolute Gasteiger partial charge is 0.410 e. The molecular weight excluding hydrogens is 348 g/mol. The number of hydrogen-bond donors (Lipinski definition) is 0. The predicted molar refractivity (Wildman–Crippen MR) is 85.5 cm³/mol. The van der Waals surface area contributed by atoms with Crippen molar-refractivity contribution in [1.29, 1.82) is 0 Å². The van der Waals surface area contributed by atoms with Crippen LogP contribution in [-0.2, 0) is 0 Å². The molecule has 4 nitrogen and oxygen atoms in total. The molecule has 0 aliphatic rings. The van der Waals surface area contributed by atoms with Gasteiger partial charge in [-0.3, -0.25) is 0 Å². The van der Waals surface area contributed by atoms with Gasteiger partial charge in [-0.1, -0.05) is 44.4 Å². The molecule has 3 aromatic heterocycles. The summed E-state index contributed by atoms with van der Waals surface area (Å²) in [6.45, 7) is 0. The van der Waals surface area contributed by atoms with E-state index in [4.69, 9.17) is 4.98 Å². The Morgan fingerprint density at radius 3 is 2.86 bits per heavy atom. The molecule has 0 saturated heterocycles. The zero-order valence-corrected chi connectivity index (χ0v) is 13.3. The summed E-state index contributed by atoms with van der Waals surface area (Å²) >= 11 is 5.06. The minimum atomic E-state index is 0.856. The normalized spacial score (nSPS) is 11.1. The van der Waals surface area contributed by atoms with E-state index in [-0.39, 0.29) is 0 Å². The summed E-state index contributed by atoms with van der Waals surface area (Å²) < 4.78 is 5.03. The molecule has 21 heavy (non-hydrogen) atoms.